The molecule has 61 heavy (non-hydrogen) atoms. The Kier molecular flexibility index (Phi) is 14.8. The monoisotopic (exact) mass is 866 g/mol. The zero-order chi connectivity index (χ0) is 41.6. The van der Waals surface area contributed by atoms with Crippen LogP contribution in [0.2, 0.25) is 0 Å². The predicted octanol–water partition coefficient (Wildman–Crippen LogP) is 12.8. The van der Waals surface area contributed by atoms with Crippen molar-refractivity contribution < 1.29 is 21.6 Å². The number of rotatable bonds is 13. The largest absolute Gasteiger partial charge is 2.00 e. The molecule has 4 saturated carbocycles. The van der Waals surface area contributed by atoms with E-state index in [1.54, 1.807) is 0 Å². The molecule has 4 bridgehead atoms. The molecule has 4 aliphatic rings. The molecule has 4 fully saturated rings. The van der Waals surface area contributed by atoms with Crippen molar-refractivity contribution in [3.63, 3.8) is 0 Å². The molecule has 0 N–H and O–H groups in total. The third-order valence-electron chi connectivity index (χ3n) is 13.1. The summed E-state index contributed by atoms with van der Waals surface area (Å²) in [6, 6.07) is 53.6. The Balaban J connectivity index is 0.000000234. The van der Waals surface area contributed by atoms with Crippen LogP contribution < -0.4 is 25.9 Å². The van der Waals surface area contributed by atoms with Gasteiger partial charge in [-0.05, 0) is 121 Å². The number of nitrogens with zero attached hydrogens (tertiary/aromatic N) is 2. The van der Waals surface area contributed by atoms with E-state index in [2.05, 4.69) is 186 Å². The Morgan fingerprint density at radius 2 is 1.08 bits per heavy atom. The van der Waals surface area contributed by atoms with Crippen molar-refractivity contribution in [3.05, 3.63) is 191 Å². The van der Waals surface area contributed by atoms with Crippen LogP contribution in [0, 0.1) is 31.2 Å². The van der Waals surface area contributed by atoms with Crippen LogP contribution in [0.1, 0.15) is 106 Å². The minimum Gasteiger partial charge on any atom is -0.873 e. The fourth-order valence-corrected chi connectivity index (χ4v) is 13.2. The third-order valence-corrected chi connectivity index (χ3v) is 15.6. The Hall–Kier alpha value is -4.36. The topological polar surface area (TPSA) is 40.4 Å². The molecular weight excluding hydrogens is 806 g/mol. The second-order valence-corrected chi connectivity index (χ2v) is 20.5. The van der Waals surface area contributed by atoms with Gasteiger partial charge in [0.25, 0.3) is 0 Å². The molecule has 316 valence electrons. The van der Waals surface area contributed by atoms with Crippen molar-refractivity contribution in [1.82, 2.24) is 0 Å². The van der Waals surface area contributed by atoms with Gasteiger partial charge in [-0.1, -0.05) is 190 Å². The van der Waals surface area contributed by atoms with E-state index in [1.165, 1.54) is 76.8 Å². The third kappa shape index (κ3) is 10.3. The molecule has 10 rings (SSSR count). The van der Waals surface area contributed by atoms with Crippen LogP contribution >= 0.6 is 7.92 Å². The summed E-state index contributed by atoms with van der Waals surface area (Å²) < 4.78 is 0. The maximum Gasteiger partial charge on any atom is 2.00 e. The summed E-state index contributed by atoms with van der Waals surface area (Å²) in [4.78, 5) is 2.27. The maximum atomic E-state index is 14.0. The van der Waals surface area contributed by atoms with Gasteiger partial charge in [-0.15, -0.1) is 18.0 Å². The van der Waals surface area contributed by atoms with E-state index in [-0.39, 0.29) is 27.7 Å². The van der Waals surface area contributed by atoms with Crippen LogP contribution in [0.3, 0.4) is 0 Å². The molecule has 2 radical (unpaired) electrons. The number of aryl methyl sites for hydroxylation is 1. The molecule has 4 aliphatic carbocycles. The van der Waals surface area contributed by atoms with Crippen molar-refractivity contribution in [1.29, 1.82) is 0 Å². The molecule has 5 heteroatoms. The second kappa shape index (κ2) is 20.2. The average Bonchev–Trinajstić information content (AvgIpc) is 3.25. The minimum atomic E-state index is -0.446. The number of benzene rings is 6. The number of hydrogen-bond donors (Lipinski definition) is 0. The Labute approximate surface area is 378 Å². The first-order valence-electron chi connectivity index (χ1n) is 22.3. The summed E-state index contributed by atoms with van der Waals surface area (Å²) in [6.07, 6.45) is 7.77. The Bertz CT molecular complexity index is 2140. The van der Waals surface area contributed by atoms with Crippen LogP contribution in [0.15, 0.2) is 152 Å². The van der Waals surface area contributed by atoms with E-state index in [0.717, 1.165) is 28.9 Å². The summed E-state index contributed by atoms with van der Waals surface area (Å²) in [5.74, 6) is 3.40. The average molecular weight is 868 g/mol. The quantitative estimate of drug-likeness (QED) is 0.0659. The van der Waals surface area contributed by atoms with E-state index < -0.39 is 7.92 Å². The van der Waals surface area contributed by atoms with Gasteiger partial charge in [-0.2, -0.15) is 0 Å². The molecule has 0 unspecified atom stereocenters. The van der Waals surface area contributed by atoms with Crippen LogP contribution in [-0.4, -0.2) is 13.1 Å². The van der Waals surface area contributed by atoms with Gasteiger partial charge in [-0.25, -0.2) is 0 Å². The Morgan fingerprint density at radius 1 is 0.639 bits per heavy atom. The fraction of sp³-hybridized carbons (Fsp3) is 0.339. The van der Waals surface area contributed by atoms with Crippen LogP contribution in [0.25, 0.3) is 5.32 Å². The summed E-state index contributed by atoms with van der Waals surface area (Å²) in [7, 11) is -0.446. The summed E-state index contributed by atoms with van der Waals surface area (Å²) in [6.45, 7) is 16.1. The molecule has 6 aromatic carbocycles. The van der Waals surface area contributed by atoms with Gasteiger partial charge in [0.15, 0.2) is 0 Å². The van der Waals surface area contributed by atoms with Gasteiger partial charge in [0.1, 0.15) is 6.54 Å². The zero-order valence-electron chi connectivity index (χ0n) is 36.5. The molecular formula is C56H61N2NiOP. The van der Waals surface area contributed by atoms with E-state index in [1.807, 2.05) is 12.1 Å². The molecule has 0 aliphatic heterocycles. The molecule has 0 heterocycles. The smallest absolute Gasteiger partial charge is 0.873 e. The predicted molar refractivity (Wildman–Crippen MR) is 254 cm³/mol. The van der Waals surface area contributed by atoms with Gasteiger partial charge < -0.3 is 15.3 Å². The van der Waals surface area contributed by atoms with Crippen molar-refractivity contribution in [2.45, 2.75) is 90.4 Å². The van der Waals surface area contributed by atoms with Crippen LogP contribution in [0.4, 0.5) is 11.4 Å². The summed E-state index contributed by atoms with van der Waals surface area (Å²) in [5.41, 5.74) is 7.90. The van der Waals surface area contributed by atoms with E-state index >= 15 is 0 Å². The van der Waals surface area contributed by atoms with Crippen LogP contribution in [0.5, 0.6) is 5.75 Å². The van der Waals surface area contributed by atoms with Gasteiger partial charge in [-0.3, -0.25) is 0 Å². The molecule has 0 spiro atoms. The molecule has 0 atom stereocenters. The first-order chi connectivity index (χ1) is 29.2. The summed E-state index contributed by atoms with van der Waals surface area (Å²) >= 11 is 0. The number of hydrogen-bond acceptors (Lipinski definition) is 2. The second-order valence-electron chi connectivity index (χ2n) is 18.3. The van der Waals surface area contributed by atoms with E-state index in [0.29, 0.717) is 30.6 Å². The molecule has 3 nitrogen and oxygen atoms in total. The standard InChI is InChI=1S/C38H47N2O.C18H15P.Ni/c1-25(2)32-12-9-13-33(26(3)4)36(32)40(24-28-10-7-6-8-11-28)15-14-39-35-17-27(5)16-34(37(35)41)38-21-29-18-30(22-38)20-31(19-29)23-38;1-4-10-16(11-5-1)19(17-12-6-2-7-13-17)18-14-8-3-9-15-18;/h6-13,16-17,25-26,29-31,41H,14-15,18-23H2,1-5H3;1-15H;/q-1;;+2/p-1. The fourth-order valence-electron chi connectivity index (χ4n) is 10.9. The van der Waals surface area contributed by atoms with Gasteiger partial charge in [0.05, 0.1) is 0 Å². The molecule has 0 saturated heterocycles. The van der Waals surface area contributed by atoms with E-state index in [9.17, 15) is 5.11 Å². The first kappa shape index (κ1) is 44.7. The normalized spacial score (nSPS) is 20.0. The molecule has 0 amide bonds. The van der Waals surface area contributed by atoms with Crippen molar-refractivity contribution in [2.24, 2.45) is 17.8 Å². The zero-order valence-corrected chi connectivity index (χ0v) is 38.4. The molecule has 6 aromatic rings. The van der Waals surface area contributed by atoms with Crippen molar-refractivity contribution in [2.75, 3.05) is 18.0 Å². The van der Waals surface area contributed by atoms with E-state index in [4.69, 9.17) is 5.32 Å². The van der Waals surface area contributed by atoms with Crippen LogP contribution in [-0.2, 0) is 21.9 Å². The number of anilines is 1. The Morgan fingerprint density at radius 3 is 1.52 bits per heavy atom. The van der Waals surface area contributed by atoms with Crippen molar-refractivity contribution >= 4 is 35.2 Å². The first-order valence-corrected chi connectivity index (χ1v) is 23.7. The number of para-hydroxylation sites is 1. The summed E-state index contributed by atoms with van der Waals surface area (Å²) in [5, 5.41) is 23.2. The van der Waals surface area contributed by atoms with Crippen molar-refractivity contribution in [3.8, 4) is 5.75 Å². The maximum absolute atomic E-state index is 14.0. The molecule has 0 aromatic heterocycles. The van der Waals surface area contributed by atoms with Gasteiger partial charge in [0, 0.05) is 12.2 Å². The van der Waals surface area contributed by atoms with Gasteiger partial charge >= 0.3 is 16.5 Å². The minimum absolute atomic E-state index is 0. The van der Waals surface area contributed by atoms with Gasteiger partial charge in [0.2, 0.25) is 0 Å². The SMILES string of the molecule is Cc1cc([N-]CCN([C]c2ccccc2)c2c(C(C)C)cccc2C(C)C)c([O-])c(C23CC4CC(CC(C4)C2)C3)c1.[Ni+2].c1ccc(P(c2ccccc2)c2ccccc2)cc1.